The standard InChI is InChI=1S/C22H21ClN4O2/c23-13-1-4-18-17(9-13)25-20(27(18)14-2-3-15(28)10-14)12-26-19-11-24-8-5-16(19)22(6-7-22)21(26)29/h1,4-5,8-9,11,14-15,28H,2-3,6-7,10,12H2. The van der Waals surface area contributed by atoms with Crippen LogP contribution in [0.5, 0.6) is 0 Å². The number of carbonyl (C=O) groups excluding carboxylic acids is 1. The summed E-state index contributed by atoms with van der Waals surface area (Å²) in [5, 5.41) is 10.8. The van der Waals surface area contributed by atoms with E-state index in [1.165, 1.54) is 0 Å². The van der Waals surface area contributed by atoms with Crippen LogP contribution in [0.15, 0.2) is 36.7 Å². The normalized spacial score (nSPS) is 24.6. The fourth-order valence-corrected chi connectivity index (χ4v) is 5.37. The second kappa shape index (κ2) is 6.03. The summed E-state index contributed by atoms with van der Waals surface area (Å²) in [4.78, 5) is 24.3. The predicted octanol–water partition coefficient (Wildman–Crippen LogP) is 3.75. The lowest BCUT2D eigenvalue weighted by atomic mass is 9.99. The third kappa shape index (κ3) is 2.49. The molecule has 6 rings (SSSR count). The molecule has 1 amide bonds. The first-order chi connectivity index (χ1) is 14.1. The van der Waals surface area contributed by atoms with Gasteiger partial charge in [0.15, 0.2) is 0 Å². The van der Waals surface area contributed by atoms with Crippen molar-refractivity contribution in [3.8, 4) is 0 Å². The van der Waals surface area contributed by atoms with E-state index in [2.05, 4.69) is 9.55 Å². The molecule has 2 atom stereocenters. The SMILES string of the molecule is O=C1N(Cc2nc3cc(Cl)ccc3n2C2CCC(O)C2)c2cnccc2C12CC2. The van der Waals surface area contributed by atoms with Gasteiger partial charge in [0.1, 0.15) is 5.82 Å². The van der Waals surface area contributed by atoms with Gasteiger partial charge >= 0.3 is 0 Å². The molecule has 1 N–H and O–H groups in total. The van der Waals surface area contributed by atoms with E-state index in [1.807, 2.05) is 29.2 Å². The lowest BCUT2D eigenvalue weighted by Crippen LogP contribution is -2.33. The maximum absolute atomic E-state index is 13.3. The van der Waals surface area contributed by atoms with Gasteiger partial charge in [-0.25, -0.2) is 4.98 Å². The second-order valence-corrected chi connectivity index (χ2v) is 8.95. The molecule has 0 bridgehead atoms. The summed E-state index contributed by atoms with van der Waals surface area (Å²) in [5.74, 6) is 0.991. The first kappa shape index (κ1) is 17.4. The molecule has 148 valence electrons. The van der Waals surface area contributed by atoms with Crippen LogP contribution in [0.25, 0.3) is 11.0 Å². The van der Waals surface area contributed by atoms with E-state index in [0.717, 1.165) is 53.8 Å². The maximum atomic E-state index is 13.3. The minimum Gasteiger partial charge on any atom is -0.393 e. The molecule has 29 heavy (non-hydrogen) atoms. The Balaban J connectivity index is 1.46. The molecule has 2 aromatic heterocycles. The number of rotatable bonds is 3. The van der Waals surface area contributed by atoms with Gasteiger partial charge < -0.3 is 14.6 Å². The minimum atomic E-state index is -0.345. The molecule has 0 saturated heterocycles. The minimum absolute atomic E-state index is 0.156. The molecule has 2 saturated carbocycles. The number of pyridine rings is 1. The molecular weight excluding hydrogens is 388 g/mol. The number of benzene rings is 1. The largest absolute Gasteiger partial charge is 0.393 e. The molecule has 1 aliphatic heterocycles. The molecule has 3 aliphatic rings. The molecule has 0 radical (unpaired) electrons. The summed E-state index contributed by atoms with van der Waals surface area (Å²) in [6.07, 6.45) is 7.48. The Morgan fingerprint density at radius 2 is 2.10 bits per heavy atom. The van der Waals surface area contributed by atoms with E-state index in [0.29, 0.717) is 18.0 Å². The molecule has 2 unspecified atom stereocenters. The third-order valence-corrected chi connectivity index (χ3v) is 7.01. The number of aliphatic hydroxyl groups is 1. The molecule has 1 spiro atoms. The van der Waals surface area contributed by atoms with Gasteiger partial charge in [-0.05, 0) is 61.9 Å². The zero-order valence-corrected chi connectivity index (χ0v) is 16.6. The molecule has 3 heterocycles. The van der Waals surface area contributed by atoms with E-state index in [9.17, 15) is 9.90 Å². The molecule has 2 aliphatic carbocycles. The number of aromatic nitrogens is 3. The molecule has 3 aromatic rings. The first-order valence-electron chi connectivity index (χ1n) is 10.2. The Morgan fingerprint density at radius 3 is 2.86 bits per heavy atom. The van der Waals surface area contributed by atoms with Gasteiger partial charge in [-0.1, -0.05) is 11.6 Å². The highest BCUT2D eigenvalue weighted by Crippen LogP contribution is 2.57. The fraction of sp³-hybridized carbons (Fsp3) is 0.409. The van der Waals surface area contributed by atoms with Crippen LogP contribution in [-0.2, 0) is 16.8 Å². The van der Waals surface area contributed by atoms with E-state index >= 15 is 0 Å². The highest BCUT2D eigenvalue weighted by molar-refractivity contribution is 6.31. The van der Waals surface area contributed by atoms with Crippen molar-refractivity contribution in [2.75, 3.05) is 4.90 Å². The lowest BCUT2D eigenvalue weighted by Gasteiger charge is -2.21. The fourth-order valence-electron chi connectivity index (χ4n) is 5.21. The number of hydrogen-bond acceptors (Lipinski definition) is 4. The van der Waals surface area contributed by atoms with Crippen LogP contribution in [-0.4, -0.2) is 31.7 Å². The number of hydrogen-bond donors (Lipinski definition) is 1. The first-order valence-corrected chi connectivity index (χ1v) is 10.6. The van der Waals surface area contributed by atoms with Crippen LogP contribution in [0.4, 0.5) is 5.69 Å². The summed E-state index contributed by atoms with van der Waals surface area (Å²) in [6, 6.07) is 7.88. The quantitative estimate of drug-likeness (QED) is 0.716. The van der Waals surface area contributed by atoms with Gasteiger partial charge in [-0.2, -0.15) is 0 Å². The van der Waals surface area contributed by atoms with Crippen molar-refractivity contribution in [2.24, 2.45) is 0 Å². The Kier molecular flexibility index (Phi) is 3.62. The third-order valence-electron chi connectivity index (χ3n) is 6.78. The van der Waals surface area contributed by atoms with E-state index in [1.54, 1.807) is 12.4 Å². The molecule has 1 aromatic carbocycles. The van der Waals surface area contributed by atoms with Gasteiger partial charge in [0.2, 0.25) is 5.91 Å². The van der Waals surface area contributed by atoms with Gasteiger partial charge in [-0.15, -0.1) is 0 Å². The second-order valence-electron chi connectivity index (χ2n) is 8.52. The zero-order valence-electron chi connectivity index (χ0n) is 15.9. The van der Waals surface area contributed by atoms with Gasteiger partial charge in [0.25, 0.3) is 0 Å². The maximum Gasteiger partial charge on any atom is 0.238 e. The van der Waals surface area contributed by atoms with Gasteiger partial charge in [0, 0.05) is 17.3 Å². The van der Waals surface area contributed by atoms with Crippen molar-refractivity contribution in [1.29, 1.82) is 0 Å². The topological polar surface area (TPSA) is 71.2 Å². The molecule has 2 fully saturated rings. The number of imidazole rings is 1. The Hall–Kier alpha value is -2.44. The van der Waals surface area contributed by atoms with Crippen molar-refractivity contribution >= 4 is 34.2 Å². The summed E-state index contributed by atoms with van der Waals surface area (Å²) in [5.41, 5.74) is 3.48. The van der Waals surface area contributed by atoms with Crippen molar-refractivity contribution < 1.29 is 9.90 Å². The van der Waals surface area contributed by atoms with Crippen LogP contribution in [0.3, 0.4) is 0 Å². The monoisotopic (exact) mass is 408 g/mol. The van der Waals surface area contributed by atoms with E-state index in [-0.39, 0.29) is 23.5 Å². The number of aliphatic hydroxyl groups excluding tert-OH is 1. The average molecular weight is 409 g/mol. The van der Waals surface area contributed by atoms with Crippen LogP contribution >= 0.6 is 11.6 Å². The zero-order chi connectivity index (χ0) is 19.8. The smallest absolute Gasteiger partial charge is 0.238 e. The van der Waals surface area contributed by atoms with E-state index < -0.39 is 0 Å². The number of carbonyl (C=O) groups is 1. The van der Waals surface area contributed by atoms with Crippen LogP contribution < -0.4 is 4.90 Å². The van der Waals surface area contributed by atoms with Crippen molar-refractivity contribution in [3.05, 3.63) is 53.1 Å². The number of fused-ring (bicyclic) bond motifs is 3. The Bertz CT molecular complexity index is 1150. The van der Waals surface area contributed by atoms with Crippen molar-refractivity contribution in [2.45, 2.75) is 56.2 Å². The molecule has 7 heteroatoms. The summed E-state index contributed by atoms with van der Waals surface area (Å²) in [6.45, 7) is 0.401. The Morgan fingerprint density at radius 1 is 1.24 bits per heavy atom. The lowest BCUT2D eigenvalue weighted by molar-refractivity contribution is -0.120. The van der Waals surface area contributed by atoms with Crippen LogP contribution in [0, 0.1) is 0 Å². The number of nitrogens with zero attached hydrogens (tertiary/aromatic N) is 4. The molecular formula is C22H21ClN4O2. The summed E-state index contributed by atoms with van der Waals surface area (Å²) in [7, 11) is 0. The Labute approximate surface area is 173 Å². The molecule has 6 nitrogen and oxygen atoms in total. The highest BCUT2D eigenvalue weighted by atomic mass is 35.5. The van der Waals surface area contributed by atoms with Crippen molar-refractivity contribution in [1.82, 2.24) is 14.5 Å². The number of amides is 1. The highest BCUT2D eigenvalue weighted by Gasteiger charge is 2.59. The van der Waals surface area contributed by atoms with E-state index in [4.69, 9.17) is 16.6 Å². The van der Waals surface area contributed by atoms with Gasteiger partial charge in [-0.3, -0.25) is 9.78 Å². The predicted molar refractivity (Wildman–Crippen MR) is 110 cm³/mol. The van der Waals surface area contributed by atoms with Crippen LogP contribution in [0.1, 0.15) is 49.5 Å². The van der Waals surface area contributed by atoms with Crippen LogP contribution in [0.2, 0.25) is 5.02 Å². The summed E-state index contributed by atoms with van der Waals surface area (Å²) >= 11 is 6.21. The number of anilines is 1. The van der Waals surface area contributed by atoms with Gasteiger partial charge in [0.05, 0.1) is 41.0 Å². The summed E-state index contributed by atoms with van der Waals surface area (Å²) < 4.78 is 2.21. The average Bonchev–Trinajstić information content (AvgIpc) is 3.22. The number of halogens is 1. The van der Waals surface area contributed by atoms with Crippen molar-refractivity contribution in [3.63, 3.8) is 0 Å².